The van der Waals surface area contributed by atoms with Gasteiger partial charge in [0.1, 0.15) is 27.6 Å². The molecule has 0 unspecified atom stereocenters. The number of methoxy groups -OCH3 is 1. The number of anilines is 2. The number of benzene rings is 2. The Morgan fingerprint density at radius 3 is 2.50 bits per heavy atom. The van der Waals surface area contributed by atoms with Crippen LogP contribution in [0.1, 0.15) is 5.82 Å². The van der Waals surface area contributed by atoms with Gasteiger partial charge in [-0.05, 0) is 60.6 Å². The molecule has 2 aromatic carbocycles. The summed E-state index contributed by atoms with van der Waals surface area (Å²) in [6.07, 6.45) is 0. The largest absolute Gasteiger partial charge is 0.497 e. The predicted octanol–water partition coefficient (Wildman–Crippen LogP) is 5.99. The van der Waals surface area contributed by atoms with Gasteiger partial charge >= 0.3 is 0 Å². The summed E-state index contributed by atoms with van der Waals surface area (Å²) >= 11 is 2.75. The van der Waals surface area contributed by atoms with Crippen molar-refractivity contribution in [3.8, 4) is 22.3 Å². The number of aryl methyl sites for hydroxylation is 1. The number of fused-ring (bicyclic) bond motifs is 1. The van der Waals surface area contributed by atoms with E-state index in [9.17, 15) is 0 Å². The van der Waals surface area contributed by atoms with E-state index >= 15 is 0 Å². The van der Waals surface area contributed by atoms with E-state index in [2.05, 4.69) is 26.1 Å². The highest BCUT2D eigenvalue weighted by atomic mass is 32.2. The number of hydrogen-bond donors (Lipinski definition) is 1. The zero-order valence-electron chi connectivity index (χ0n) is 15.3. The van der Waals surface area contributed by atoms with E-state index in [1.54, 1.807) is 18.4 Å². The Bertz CT molecular complexity index is 1160. The normalized spacial score (nSPS) is 10.6. The highest BCUT2D eigenvalue weighted by Gasteiger charge is 2.15. The van der Waals surface area contributed by atoms with E-state index in [0.717, 1.165) is 61.1 Å². The molecule has 0 aliphatic rings. The van der Waals surface area contributed by atoms with Crippen LogP contribution in [0.25, 0.3) is 21.3 Å². The van der Waals surface area contributed by atoms with E-state index in [1.165, 1.54) is 0 Å². The first-order valence-corrected chi connectivity index (χ1v) is 10.2. The number of hydrogen-bond acceptors (Lipinski definition) is 7. The summed E-state index contributed by atoms with van der Waals surface area (Å²) in [5.74, 6) is 2.31. The molecule has 0 radical (unpaired) electrons. The van der Waals surface area contributed by atoms with Crippen LogP contribution < -0.4 is 10.1 Å². The van der Waals surface area contributed by atoms with E-state index < -0.39 is 0 Å². The lowest BCUT2D eigenvalue weighted by Gasteiger charge is -2.10. The molecule has 0 atom stereocenters. The molecule has 5 nitrogen and oxygen atoms in total. The van der Waals surface area contributed by atoms with Gasteiger partial charge in [0, 0.05) is 21.5 Å². The van der Waals surface area contributed by atoms with Crippen LogP contribution >= 0.6 is 23.1 Å². The lowest BCUT2D eigenvalue weighted by Crippen LogP contribution is -1.98. The Morgan fingerprint density at radius 2 is 1.82 bits per heavy atom. The summed E-state index contributed by atoms with van der Waals surface area (Å²) in [5.41, 5.74) is 3.08. The average Bonchev–Trinajstić information content (AvgIpc) is 3.13. The lowest BCUT2D eigenvalue weighted by atomic mass is 10.1. The fourth-order valence-corrected chi connectivity index (χ4v) is 4.29. The number of aromatic nitrogens is 2. The number of nitrogens with zero attached hydrogens (tertiary/aromatic N) is 3. The Labute approximate surface area is 171 Å². The van der Waals surface area contributed by atoms with Crippen LogP contribution in [0.3, 0.4) is 0 Å². The van der Waals surface area contributed by atoms with Crippen LogP contribution in [0.15, 0.2) is 58.8 Å². The smallest absolute Gasteiger partial charge is 0.143 e. The lowest BCUT2D eigenvalue weighted by molar-refractivity contribution is 0.415. The third-order valence-corrected chi connectivity index (χ3v) is 5.70. The second-order valence-electron chi connectivity index (χ2n) is 6.02. The van der Waals surface area contributed by atoms with Crippen molar-refractivity contribution < 1.29 is 4.74 Å². The number of thioether (sulfide) groups is 1. The molecule has 28 heavy (non-hydrogen) atoms. The minimum absolute atomic E-state index is 0.717. The van der Waals surface area contributed by atoms with Crippen LogP contribution in [0.2, 0.25) is 0 Å². The van der Waals surface area contributed by atoms with Crippen LogP contribution in [0, 0.1) is 17.6 Å². The van der Waals surface area contributed by atoms with Gasteiger partial charge in [0.25, 0.3) is 0 Å². The quantitative estimate of drug-likeness (QED) is 0.325. The van der Waals surface area contributed by atoms with Gasteiger partial charge in [-0.2, -0.15) is 5.26 Å². The van der Waals surface area contributed by atoms with Crippen molar-refractivity contribution in [2.45, 2.75) is 11.8 Å². The number of rotatable bonds is 5. The molecule has 0 saturated carbocycles. The molecule has 7 heteroatoms. The van der Waals surface area contributed by atoms with Gasteiger partial charge in [0.2, 0.25) is 0 Å². The van der Waals surface area contributed by atoms with Crippen molar-refractivity contribution >= 4 is 44.8 Å². The molecule has 0 aliphatic carbocycles. The zero-order valence-corrected chi connectivity index (χ0v) is 16.9. The standard InChI is InChI=1S/C21H16N4OS2/c1-13-23-20(25-15-5-9-17(10-6-15)28-12-22)19-18(11-27-21(19)24-13)14-3-7-16(26-2)8-4-14/h3-11H,1-2H3,(H,23,24,25). The van der Waals surface area contributed by atoms with Crippen molar-refractivity contribution in [1.29, 1.82) is 5.26 Å². The molecule has 0 amide bonds. The van der Waals surface area contributed by atoms with Crippen molar-refractivity contribution in [2.75, 3.05) is 12.4 Å². The van der Waals surface area contributed by atoms with Crippen LogP contribution in [-0.4, -0.2) is 17.1 Å². The maximum Gasteiger partial charge on any atom is 0.143 e. The van der Waals surface area contributed by atoms with Crippen LogP contribution in [-0.2, 0) is 0 Å². The fraction of sp³-hybridized carbons (Fsp3) is 0.0952. The first-order chi connectivity index (χ1) is 13.7. The third kappa shape index (κ3) is 3.65. The van der Waals surface area contributed by atoms with Gasteiger partial charge < -0.3 is 10.1 Å². The van der Waals surface area contributed by atoms with Crippen LogP contribution in [0.4, 0.5) is 11.5 Å². The number of ether oxygens (including phenoxy) is 1. The van der Waals surface area contributed by atoms with Gasteiger partial charge in [0.05, 0.1) is 12.5 Å². The Morgan fingerprint density at radius 1 is 1.07 bits per heavy atom. The van der Waals surface area contributed by atoms with Crippen molar-refractivity contribution in [3.05, 3.63) is 59.7 Å². The maximum absolute atomic E-state index is 8.79. The SMILES string of the molecule is COc1ccc(-c2csc3nc(C)nc(Nc4ccc(SC#N)cc4)c23)cc1. The third-order valence-electron chi connectivity index (χ3n) is 4.23. The van der Waals surface area contributed by atoms with E-state index in [1.807, 2.05) is 55.5 Å². The number of thiocyanates is 1. The number of nitrogens with one attached hydrogen (secondary N) is 1. The highest BCUT2D eigenvalue weighted by Crippen LogP contribution is 2.38. The summed E-state index contributed by atoms with van der Waals surface area (Å²) in [6, 6.07) is 15.7. The highest BCUT2D eigenvalue weighted by molar-refractivity contribution is 8.03. The maximum atomic E-state index is 8.79. The molecule has 1 N–H and O–H groups in total. The first kappa shape index (κ1) is 18.3. The topological polar surface area (TPSA) is 70.8 Å². The van der Waals surface area contributed by atoms with Crippen molar-refractivity contribution in [3.63, 3.8) is 0 Å². The zero-order chi connectivity index (χ0) is 19.5. The predicted molar refractivity (Wildman–Crippen MR) is 115 cm³/mol. The Hall–Kier alpha value is -3.08. The van der Waals surface area contributed by atoms with Gasteiger partial charge in [-0.3, -0.25) is 0 Å². The van der Waals surface area contributed by atoms with E-state index in [0.29, 0.717) is 0 Å². The molecule has 0 fully saturated rings. The van der Waals surface area contributed by atoms with Gasteiger partial charge in [-0.1, -0.05) is 12.1 Å². The van der Waals surface area contributed by atoms with Crippen molar-refractivity contribution in [2.24, 2.45) is 0 Å². The van der Waals surface area contributed by atoms with E-state index in [4.69, 9.17) is 10.00 Å². The Balaban J connectivity index is 1.76. The monoisotopic (exact) mass is 404 g/mol. The molecular formula is C21H16N4OS2. The molecule has 138 valence electrons. The average molecular weight is 405 g/mol. The summed E-state index contributed by atoms with van der Waals surface area (Å²) in [5, 5.41) is 17.4. The molecular weight excluding hydrogens is 388 g/mol. The molecule has 2 aromatic heterocycles. The summed E-state index contributed by atoms with van der Waals surface area (Å²) in [7, 11) is 1.66. The molecule has 4 rings (SSSR count). The molecule has 4 aromatic rings. The molecule has 0 bridgehead atoms. The first-order valence-electron chi connectivity index (χ1n) is 8.51. The summed E-state index contributed by atoms with van der Waals surface area (Å²) in [4.78, 5) is 11.1. The van der Waals surface area contributed by atoms with Crippen LogP contribution in [0.5, 0.6) is 5.75 Å². The second kappa shape index (κ2) is 7.89. The van der Waals surface area contributed by atoms with Crippen molar-refractivity contribution in [1.82, 2.24) is 9.97 Å². The number of thiophene rings is 1. The summed E-state index contributed by atoms with van der Waals surface area (Å²) in [6.45, 7) is 1.89. The van der Waals surface area contributed by atoms with Gasteiger partial charge in [-0.15, -0.1) is 11.3 Å². The molecule has 2 heterocycles. The summed E-state index contributed by atoms with van der Waals surface area (Å²) < 4.78 is 5.26. The van der Waals surface area contributed by atoms with Gasteiger partial charge in [-0.25, -0.2) is 9.97 Å². The number of nitriles is 1. The second-order valence-corrected chi connectivity index (χ2v) is 7.74. The Kier molecular flexibility index (Phi) is 5.15. The van der Waals surface area contributed by atoms with Gasteiger partial charge in [0.15, 0.2) is 0 Å². The fourth-order valence-electron chi connectivity index (χ4n) is 2.92. The molecule has 0 spiro atoms. The van der Waals surface area contributed by atoms with E-state index in [-0.39, 0.29) is 0 Å². The molecule has 0 aliphatic heterocycles. The molecule has 0 saturated heterocycles. The minimum Gasteiger partial charge on any atom is -0.497 e. The minimum atomic E-state index is 0.717.